The van der Waals surface area contributed by atoms with Crippen LogP contribution in [0.2, 0.25) is 0 Å². The molecule has 0 bridgehead atoms. The maximum absolute atomic E-state index is 12.8. The van der Waals surface area contributed by atoms with E-state index in [0.29, 0.717) is 24.6 Å². The minimum atomic E-state index is -0.0418. The summed E-state index contributed by atoms with van der Waals surface area (Å²) in [7, 11) is 1.65. The molecule has 0 spiro atoms. The molecule has 1 amide bonds. The molecule has 0 aliphatic rings. The van der Waals surface area contributed by atoms with Gasteiger partial charge in [0.15, 0.2) is 10.8 Å². The third-order valence-electron chi connectivity index (χ3n) is 3.64. The Balaban J connectivity index is 2.19. The molecule has 6 heteroatoms. The summed E-state index contributed by atoms with van der Waals surface area (Å²) < 4.78 is 10.5. The van der Waals surface area contributed by atoms with Crippen LogP contribution in [0.4, 0.5) is 0 Å². The summed E-state index contributed by atoms with van der Waals surface area (Å²) in [6.45, 7) is 5.29. The molecule has 0 aliphatic carbocycles. The largest absolute Gasteiger partial charge is 0.462 e. The summed E-state index contributed by atoms with van der Waals surface area (Å²) >= 11 is 1.42. The molecule has 0 saturated carbocycles. The number of carbonyl (C=O) groups excluding carboxylic acids is 1. The standard InChI is InChI=1S/C16H22N2O3S/c1-4-12(5-2)18(8-10-20-3)16(19)13-11-22-15(17-13)14-7-6-9-21-14/h6-7,9,11-12H,4-5,8,10H2,1-3H3. The topological polar surface area (TPSA) is 55.6 Å². The number of hydrogen-bond donors (Lipinski definition) is 0. The lowest BCUT2D eigenvalue weighted by Gasteiger charge is -2.29. The number of furan rings is 1. The van der Waals surface area contributed by atoms with Gasteiger partial charge in [-0.2, -0.15) is 0 Å². The van der Waals surface area contributed by atoms with Crippen molar-refractivity contribution in [2.24, 2.45) is 0 Å². The highest BCUT2D eigenvalue weighted by Gasteiger charge is 2.24. The number of rotatable bonds is 8. The molecule has 120 valence electrons. The predicted octanol–water partition coefficient (Wildman–Crippen LogP) is 3.68. The van der Waals surface area contributed by atoms with Gasteiger partial charge in [0, 0.05) is 25.1 Å². The summed E-state index contributed by atoms with van der Waals surface area (Å²) in [6.07, 6.45) is 3.44. The zero-order valence-corrected chi connectivity index (χ0v) is 14.1. The monoisotopic (exact) mass is 322 g/mol. The van der Waals surface area contributed by atoms with Crippen molar-refractivity contribution in [3.05, 3.63) is 29.5 Å². The van der Waals surface area contributed by atoms with E-state index in [-0.39, 0.29) is 11.9 Å². The highest BCUT2D eigenvalue weighted by Crippen LogP contribution is 2.25. The minimum absolute atomic E-state index is 0.0418. The molecule has 2 aromatic heterocycles. The average Bonchev–Trinajstić information content (AvgIpc) is 3.21. The second-order valence-corrected chi connectivity index (χ2v) is 5.83. The van der Waals surface area contributed by atoms with E-state index >= 15 is 0 Å². The lowest BCUT2D eigenvalue weighted by molar-refractivity contribution is 0.0584. The van der Waals surface area contributed by atoms with Crippen LogP contribution in [0, 0.1) is 0 Å². The molecule has 5 nitrogen and oxygen atoms in total. The zero-order chi connectivity index (χ0) is 15.9. The normalized spacial score (nSPS) is 11.1. The number of carbonyl (C=O) groups is 1. The lowest BCUT2D eigenvalue weighted by Crippen LogP contribution is -2.42. The van der Waals surface area contributed by atoms with E-state index < -0.39 is 0 Å². The highest BCUT2D eigenvalue weighted by atomic mass is 32.1. The number of aromatic nitrogens is 1. The number of ether oxygens (including phenoxy) is 1. The Morgan fingerprint density at radius 3 is 2.82 bits per heavy atom. The van der Waals surface area contributed by atoms with Crippen molar-refractivity contribution in [3.63, 3.8) is 0 Å². The predicted molar refractivity (Wildman–Crippen MR) is 87.1 cm³/mol. The van der Waals surface area contributed by atoms with Crippen LogP contribution in [0.15, 0.2) is 28.2 Å². The molecule has 22 heavy (non-hydrogen) atoms. The van der Waals surface area contributed by atoms with Crippen LogP contribution < -0.4 is 0 Å². The Bertz CT molecular complexity index is 576. The molecule has 0 saturated heterocycles. The summed E-state index contributed by atoms with van der Waals surface area (Å²) in [4.78, 5) is 19.1. The van der Waals surface area contributed by atoms with Crippen LogP contribution in [0.5, 0.6) is 0 Å². The van der Waals surface area contributed by atoms with Crippen molar-refractivity contribution in [3.8, 4) is 10.8 Å². The van der Waals surface area contributed by atoms with Crippen LogP contribution in [0.25, 0.3) is 10.8 Å². The van der Waals surface area contributed by atoms with Gasteiger partial charge in [0.1, 0.15) is 5.69 Å². The number of nitrogens with zero attached hydrogens (tertiary/aromatic N) is 2. The van der Waals surface area contributed by atoms with Gasteiger partial charge in [0.25, 0.3) is 5.91 Å². The van der Waals surface area contributed by atoms with Gasteiger partial charge >= 0.3 is 0 Å². The Kier molecular flexibility index (Phi) is 6.15. The van der Waals surface area contributed by atoms with Crippen LogP contribution in [0.1, 0.15) is 37.2 Å². The Morgan fingerprint density at radius 1 is 1.45 bits per heavy atom. The first kappa shape index (κ1) is 16.7. The second kappa shape index (κ2) is 8.10. The average molecular weight is 322 g/mol. The van der Waals surface area contributed by atoms with Crippen molar-refractivity contribution in [2.45, 2.75) is 32.7 Å². The molecule has 2 aromatic rings. The van der Waals surface area contributed by atoms with Crippen LogP contribution in [0.3, 0.4) is 0 Å². The fourth-order valence-electron chi connectivity index (χ4n) is 2.40. The molecular weight excluding hydrogens is 300 g/mol. The molecule has 0 fully saturated rings. The van der Waals surface area contributed by atoms with E-state index in [0.717, 1.165) is 17.8 Å². The van der Waals surface area contributed by atoms with Crippen LogP contribution >= 0.6 is 11.3 Å². The number of thiazole rings is 1. The minimum Gasteiger partial charge on any atom is -0.462 e. The molecule has 2 heterocycles. The van der Waals surface area contributed by atoms with Gasteiger partial charge in [-0.1, -0.05) is 13.8 Å². The summed E-state index contributed by atoms with van der Waals surface area (Å²) in [5.74, 6) is 0.648. The molecular formula is C16H22N2O3S. The van der Waals surface area contributed by atoms with Gasteiger partial charge in [0.2, 0.25) is 0 Å². The molecule has 0 unspecified atom stereocenters. The van der Waals surface area contributed by atoms with Gasteiger partial charge in [-0.15, -0.1) is 11.3 Å². The maximum atomic E-state index is 12.8. The Labute approximate surface area is 134 Å². The first-order valence-electron chi connectivity index (χ1n) is 7.50. The first-order valence-corrected chi connectivity index (χ1v) is 8.38. The molecule has 0 N–H and O–H groups in total. The van der Waals surface area contributed by atoms with E-state index in [2.05, 4.69) is 18.8 Å². The fraction of sp³-hybridized carbons (Fsp3) is 0.500. The summed E-state index contributed by atoms with van der Waals surface area (Å²) in [5, 5.41) is 2.52. The van der Waals surface area contributed by atoms with E-state index in [1.807, 2.05) is 17.0 Å². The SMILES string of the molecule is CCC(CC)N(CCOC)C(=O)c1csc(-c2ccco2)n1. The second-order valence-electron chi connectivity index (χ2n) is 4.98. The van der Waals surface area contributed by atoms with E-state index in [1.165, 1.54) is 11.3 Å². The van der Waals surface area contributed by atoms with Crippen LogP contribution in [-0.4, -0.2) is 42.1 Å². The quantitative estimate of drug-likeness (QED) is 0.744. The van der Waals surface area contributed by atoms with Crippen molar-refractivity contribution < 1.29 is 13.9 Å². The third-order valence-corrected chi connectivity index (χ3v) is 4.49. The van der Waals surface area contributed by atoms with E-state index in [9.17, 15) is 4.79 Å². The van der Waals surface area contributed by atoms with E-state index in [1.54, 1.807) is 18.8 Å². The smallest absolute Gasteiger partial charge is 0.273 e. The molecule has 0 radical (unpaired) electrons. The number of hydrogen-bond acceptors (Lipinski definition) is 5. The molecule has 0 aromatic carbocycles. The van der Waals surface area contributed by atoms with Crippen molar-refractivity contribution in [1.82, 2.24) is 9.88 Å². The van der Waals surface area contributed by atoms with Gasteiger partial charge < -0.3 is 14.1 Å². The third kappa shape index (κ3) is 3.75. The van der Waals surface area contributed by atoms with Crippen molar-refractivity contribution in [2.75, 3.05) is 20.3 Å². The van der Waals surface area contributed by atoms with Crippen molar-refractivity contribution >= 4 is 17.2 Å². The first-order chi connectivity index (χ1) is 10.7. The molecule has 2 rings (SSSR count). The number of amides is 1. The van der Waals surface area contributed by atoms with Gasteiger partial charge in [-0.05, 0) is 25.0 Å². The number of methoxy groups -OCH3 is 1. The lowest BCUT2D eigenvalue weighted by atomic mass is 10.1. The molecule has 0 atom stereocenters. The van der Waals surface area contributed by atoms with Gasteiger partial charge in [-0.25, -0.2) is 4.98 Å². The van der Waals surface area contributed by atoms with Crippen LogP contribution in [-0.2, 0) is 4.74 Å². The Morgan fingerprint density at radius 2 is 2.23 bits per heavy atom. The Hall–Kier alpha value is -1.66. The van der Waals surface area contributed by atoms with E-state index in [4.69, 9.17) is 9.15 Å². The van der Waals surface area contributed by atoms with Gasteiger partial charge in [0.05, 0.1) is 12.9 Å². The van der Waals surface area contributed by atoms with Crippen molar-refractivity contribution in [1.29, 1.82) is 0 Å². The van der Waals surface area contributed by atoms with Gasteiger partial charge in [-0.3, -0.25) is 4.79 Å². The summed E-state index contributed by atoms with van der Waals surface area (Å²) in [6, 6.07) is 3.86. The molecule has 0 aliphatic heterocycles. The zero-order valence-electron chi connectivity index (χ0n) is 13.2. The fourth-order valence-corrected chi connectivity index (χ4v) is 3.16. The summed E-state index contributed by atoms with van der Waals surface area (Å²) in [5.41, 5.74) is 0.472. The maximum Gasteiger partial charge on any atom is 0.273 e. The highest BCUT2D eigenvalue weighted by molar-refractivity contribution is 7.13.